The van der Waals surface area contributed by atoms with Crippen LogP contribution in [0.25, 0.3) is 16.0 Å². The van der Waals surface area contributed by atoms with Crippen molar-refractivity contribution in [1.82, 2.24) is 4.98 Å². The highest BCUT2D eigenvalue weighted by molar-refractivity contribution is 7.22. The number of aliphatic hydroxyl groups excluding tert-OH is 1. The number of Topliss-reactive ketones (excluding diaryl/α,β-unsaturated/α-hetero) is 1. The lowest BCUT2D eigenvalue weighted by molar-refractivity contribution is -0.132. The van der Waals surface area contributed by atoms with Crippen LogP contribution in [0.2, 0.25) is 0 Å². The van der Waals surface area contributed by atoms with E-state index >= 15 is 0 Å². The summed E-state index contributed by atoms with van der Waals surface area (Å²) in [6.07, 6.45) is 0. The number of rotatable bonds is 6. The SMILES string of the molecule is COc1cc([C@H]2C(=C(O)c3ccc(C)cc3)C(=O)C(=O)N2c2nc3c(C)cc(C)cc3s2)cc(OC)c1OC. The van der Waals surface area contributed by atoms with E-state index in [0.29, 0.717) is 33.5 Å². The van der Waals surface area contributed by atoms with Crippen LogP contribution >= 0.6 is 11.3 Å². The first-order chi connectivity index (χ1) is 18.7. The largest absolute Gasteiger partial charge is 0.507 e. The molecule has 0 spiro atoms. The molecule has 8 nitrogen and oxygen atoms in total. The Bertz CT molecular complexity index is 1630. The highest BCUT2D eigenvalue weighted by Gasteiger charge is 2.48. The molecule has 200 valence electrons. The van der Waals surface area contributed by atoms with Crippen LogP contribution in [0.3, 0.4) is 0 Å². The Hall–Kier alpha value is -4.37. The first-order valence-corrected chi connectivity index (χ1v) is 13.1. The van der Waals surface area contributed by atoms with E-state index in [1.165, 1.54) is 37.6 Å². The fourth-order valence-electron chi connectivity index (χ4n) is 4.93. The minimum atomic E-state index is -0.998. The molecule has 5 rings (SSSR count). The number of aryl methyl sites for hydroxylation is 3. The lowest BCUT2D eigenvalue weighted by atomic mass is 9.94. The number of aliphatic hydroxyl groups is 1. The second kappa shape index (κ2) is 10.1. The summed E-state index contributed by atoms with van der Waals surface area (Å²) in [5, 5.41) is 11.8. The van der Waals surface area contributed by atoms with Gasteiger partial charge >= 0.3 is 5.91 Å². The summed E-state index contributed by atoms with van der Waals surface area (Å²) in [6.45, 7) is 5.88. The van der Waals surface area contributed by atoms with Crippen LogP contribution < -0.4 is 19.1 Å². The molecule has 1 fully saturated rings. The Morgan fingerprint density at radius 2 is 1.54 bits per heavy atom. The predicted molar refractivity (Wildman–Crippen MR) is 151 cm³/mol. The normalized spacial score (nSPS) is 16.7. The number of ether oxygens (including phenoxy) is 3. The summed E-state index contributed by atoms with van der Waals surface area (Å²) in [5.41, 5.74) is 4.64. The summed E-state index contributed by atoms with van der Waals surface area (Å²) in [6, 6.07) is 13.5. The van der Waals surface area contributed by atoms with Crippen LogP contribution in [-0.2, 0) is 9.59 Å². The van der Waals surface area contributed by atoms with Crippen LogP contribution in [-0.4, -0.2) is 43.1 Å². The maximum Gasteiger partial charge on any atom is 0.301 e. The summed E-state index contributed by atoms with van der Waals surface area (Å²) in [7, 11) is 4.47. The average Bonchev–Trinajstić information content (AvgIpc) is 3.46. The van der Waals surface area contributed by atoms with Crippen LogP contribution in [0.5, 0.6) is 17.2 Å². The van der Waals surface area contributed by atoms with Crippen LogP contribution in [0.15, 0.2) is 54.1 Å². The second-order valence-electron chi connectivity index (χ2n) is 9.42. The van der Waals surface area contributed by atoms with Gasteiger partial charge in [0.1, 0.15) is 5.76 Å². The number of thiazole rings is 1. The van der Waals surface area contributed by atoms with Gasteiger partial charge in [-0.2, -0.15) is 0 Å². The number of anilines is 1. The number of carbonyl (C=O) groups excluding carboxylic acids is 2. The van der Waals surface area contributed by atoms with Crippen molar-refractivity contribution in [2.24, 2.45) is 0 Å². The molecule has 1 saturated heterocycles. The van der Waals surface area contributed by atoms with Crippen molar-refractivity contribution in [3.05, 3.63) is 81.9 Å². The van der Waals surface area contributed by atoms with Crippen molar-refractivity contribution >= 4 is 44.1 Å². The molecule has 3 aromatic carbocycles. The number of nitrogens with zero attached hydrogens (tertiary/aromatic N) is 2. The molecule has 0 radical (unpaired) electrons. The fourth-order valence-corrected chi connectivity index (χ4v) is 6.10. The molecule has 1 aromatic heterocycles. The third-order valence-electron chi connectivity index (χ3n) is 6.80. The molecule has 1 amide bonds. The number of hydrogen-bond donors (Lipinski definition) is 1. The second-order valence-corrected chi connectivity index (χ2v) is 10.4. The number of fused-ring (bicyclic) bond motifs is 1. The van der Waals surface area contributed by atoms with Gasteiger partial charge in [0.25, 0.3) is 5.78 Å². The number of benzene rings is 3. The molecule has 2 heterocycles. The fraction of sp³-hybridized carbons (Fsp3) is 0.233. The van der Waals surface area contributed by atoms with E-state index in [1.54, 1.807) is 24.3 Å². The van der Waals surface area contributed by atoms with Gasteiger partial charge in [0.2, 0.25) is 5.75 Å². The molecule has 9 heteroatoms. The number of ketones is 1. The summed E-state index contributed by atoms with van der Waals surface area (Å²) in [4.78, 5) is 33.4. The van der Waals surface area contributed by atoms with Crippen molar-refractivity contribution in [2.45, 2.75) is 26.8 Å². The quantitative estimate of drug-likeness (QED) is 0.184. The molecule has 0 unspecified atom stereocenters. The Morgan fingerprint density at radius 3 is 2.13 bits per heavy atom. The molecule has 39 heavy (non-hydrogen) atoms. The average molecular weight is 545 g/mol. The van der Waals surface area contributed by atoms with Gasteiger partial charge in [-0.15, -0.1) is 0 Å². The van der Waals surface area contributed by atoms with Gasteiger partial charge in [-0.25, -0.2) is 4.98 Å². The summed E-state index contributed by atoms with van der Waals surface area (Å²) in [5.74, 6) is -0.796. The van der Waals surface area contributed by atoms with E-state index in [-0.39, 0.29) is 11.3 Å². The van der Waals surface area contributed by atoms with Crippen molar-refractivity contribution < 1.29 is 28.9 Å². The zero-order valence-electron chi connectivity index (χ0n) is 22.5. The molecular formula is C30H28N2O6S. The molecule has 0 aliphatic carbocycles. The predicted octanol–water partition coefficient (Wildman–Crippen LogP) is 5.87. The number of amides is 1. The third-order valence-corrected chi connectivity index (χ3v) is 7.80. The van der Waals surface area contributed by atoms with Gasteiger partial charge in [0.05, 0.1) is 43.2 Å². The topological polar surface area (TPSA) is 98.2 Å². The van der Waals surface area contributed by atoms with E-state index in [9.17, 15) is 14.7 Å². The van der Waals surface area contributed by atoms with Gasteiger partial charge in [0, 0.05) is 5.56 Å². The molecule has 0 bridgehead atoms. The maximum atomic E-state index is 13.7. The summed E-state index contributed by atoms with van der Waals surface area (Å²) >= 11 is 1.32. The van der Waals surface area contributed by atoms with Gasteiger partial charge < -0.3 is 19.3 Å². The molecule has 1 aliphatic heterocycles. The Morgan fingerprint density at radius 1 is 0.897 bits per heavy atom. The number of aromatic nitrogens is 1. The van der Waals surface area contributed by atoms with Crippen molar-refractivity contribution in [3.63, 3.8) is 0 Å². The van der Waals surface area contributed by atoms with E-state index in [2.05, 4.69) is 0 Å². The Kier molecular flexibility index (Phi) is 6.78. The van der Waals surface area contributed by atoms with E-state index in [4.69, 9.17) is 19.2 Å². The van der Waals surface area contributed by atoms with E-state index in [1.807, 2.05) is 45.0 Å². The highest BCUT2D eigenvalue weighted by atomic mass is 32.1. The van der Waals surface area contributed by atoms with Crippen LogP contribution in [0, 0.1) is 20.8 Å². The third kappa shape index (κ3) is 4.38. The highest BCUT2D eigenvalue weighted by Crippen LogP contribution is 2.48. The Labute approximate surface area is 230 Å². The monoisotopic (exact) mass is 544 g/mol. The number of hydrogen-bond acceptors (Lipinski definition) is 8. The maximum absolute atomic E-state index is 13.7. The van der Waals surface area contributed by atoms with Crippen LogP contribution in [0.1, 0.15) is 33.9 Å². The lowest BCUT2D eigenvalue weighted by Gasteiger charge is -2.24. The smallest absolute Gasteiger partial charge is 0.301 e. The van der Waals surface area contributed by atoms with E-state index in [0.717, 1.165) is 26.9 Å². The lowest BCUT2D eigenvalue weighted by Crippen LogP contribution is -2.29. The first kappa shape index (κ1) is 26.2. The number of methoxy groups -OCH3 is 3. The zero-order valence-corrected chi connectivity index (χ0v) is 23.3. The van der Waals surface area contributed by atoms with E-state index < -0.39 is 17.7 Å². The minimum absolute atomic E-state index is 0.0507. The van der Waals surface area contributed by atoms with Crippen LogP contribution in [0.4, 0.5) is 5.13 Å². The molecule has 0 saturated carbocycles. The number of carbonyl (C=O) groups is 2. The van der Waals surface area contributed by atoms with Gasteiger partial charge in [-0.1, -0.05) is 47.2 Å². The van der Waals surface area contributed by atoms with Gasteiger partial charge in [-0.3, -0.25) is 14.5 Å². The zero-order chi connectivity index (χ0) is 28.0. The Balaban J connectivity index is 1.80. The molecule has 1 aliphatic rings. The first-order valence-electron chi connectivity index (χ1n) is 12.2. The molecular weight excluding hydrogens is 516 g/mol. The van der Waals surface area contributed by atoms with Gasteiger partial charge in [-0.05, 0) is 55.7 Å². The van der Waals surface area contributed by atoms with Gasteiger partial charge in [0.15, 0.2) is 16.6 Å². The van der Waals surface area contributed by atoms with Crippen molar-refractivity contribution in [1.29, 1.82) is 0 Å². The molecule has 4 aromatic rings. The van der Waals surface area contributed by atoms with Crippen molar-refractivity contribution in [3.8, 4) is 17.2 Å². The van der Waals surface area contributed by atoms with Crippen molar-refractivity contribution in [2.75, 3.05) is 26.2 Å². The standard InChI is InChI=1S/C30H28N2O6S/c1-15-7-9-18(10-8-15)26(33)23-25(19-13-20(36-4)28(38-6)21(14-19)37-5)32(29(35)27(23)34)30-31-24-17(3)11-16(2)12-22(24)39-30/h7-14,25,33H,1-6H3/t25-/m0/s1. The molecule has 1 atom stereocenters. The summed E-state index contributed by atoms with van der Waals surface area (Å²) < 4.78 is 17.5. The molecule has 1 N–H and O–H groups in total. The minimum Gasteiger partial charge on any atom is -0.507 e.